The Balaban J connectivity index is 1.27. The standard InChI is InChI=1S/C24H31N3O5S/c1-2-31-23(30)27-13-9-17(10-14-27)25-20(28)16-32-22(29)24(11-5-6-12-24)15-21-26-18-7-3-4-8-19(18)33-21/h3-4,7-8,17H,2,5-6,9-16H2,1H3,(H,25,28). The molecule has 1 aromatic carbocycles. The van der Waals surface area contributed by atoms with Gasteiger partial charge < -0.3 is 19.7 Å². The first kappa shape index (κ1) is 23.5. The molecule has 33 heavy (non-hydrogen) atoms. The van der Waals surface area contributed by atoms with Crippen molar-refractivity contribution in [2.75, 3.05) is 26.3 Å². The normalized spacial score (nSPS) is 18.3. The molecule has 2 aromatic rings. The van der Waals surface area contributed by atoms with Gasteiger partial charge in [-0.15, -0.1) is 11.3 Å². The molecule has 0 radical (unpaired) electrons. The van der Waals surface area contributed by atoms with Crippen molar-refractivity contribution in [3.05, 3.63) is 29.3 Å². The van der Waals surface area contributed by atoms with E-state index in [1.807, 2.05) is 24.3 Å². The molecule has 2 aliphatic rings. The van der Waals surface area contributed by atoms with Crippen molar-refractivity contribution in [2.45, 2.75) is 57.9 Å². The number of aromatic nitrogens is 1. The molecule has 0 unspecified atom stereocenters. The number of benzene rings is 1. The first-order chi connectivity index (χ1) is 16.0. The molecule has 0 bridgehead atoms. The van der Waals surface area contributed by atoms with Crippen LogP contribution in [0.2, 0.25) is 0 Å². The van der Waals surface area contributed by atoms with Gasteiger partial charge in [0.15, 0.2) is 6.61 Å². The van der Waals surface area contributed by atoms with Gasteiger partial charge in [0.25, 0.3) is 5.91 Å². The van der Waals surface area contributed by atoms with Crippen LogP contribution < -0.4 is 5.32 Å². The number of carbonyl (C=O) groups excluding carboxylic acids is 3. The Morgan fingerprint density at radius 1 is 1.15 bits per heavy atom. The number of hydrogen-bond donors (Lipinski definition) is 1. The van der Waals surface area contributed by atoms with Gasteiger partial charge in [0.05, 0.1) is 27.2 Å². The highest BCUT2D eigenvalue weighted by atomic mass is 32.1. The molecule has 2 heterocycles. The summed E-state index contributed by atoms with van der Waals surface area (Å²) in [5, 5.41) is 3.87. The summed E-state index contributed by atoms with van der Waals surface area (Å²) in [6, 6.07) is 7.94. The van der Waals surface area contributed by atoms with Crippen LogP contribution in [0.25, 0.3) is 10.2 Å². The maximum absolute atomic E-state index is 13.1. The molecular weight excluding hydrogens is 442 g/mol. The van der Waals surface area contributed by atoms with E-state index in [-0.39, 0.29) is 30.6 Å². The van der Waals surface area contributed by atoms with Gasteiger partial charge >= 0.3 is 12.1 Å². The highest BCUT2D eigenvalue weighted by Crippen LogP contribution is 2.43. The van der Waals surface area contributed by atoms with Crippen LogP contribution in [0.15, 0.2) is 24.3 Å². The van der Waals surface area contributed by atoms with Crippen LogP contribution in [0.5, 0.6) is 0 Å². The molecule has 8 nitrogen and oxygen atoms in total. The van der Waals surface area contributed by atoms with Gasteiger partial charge in [-0.1, -0.05) is 25.0 Å². The third-order valence-electron chi connectivity index (χ3n) is 6.54. The van der Waals surface area contributed by atoms with E-state index in [1.54, 1.807) is 23.2 Å². The van der Waals surface area contributed by atoms with Gasteiger partial charge in [-0.25, -0.2) is 9.78 Å². The van der Waals surface area contributed by atoms with Crippen molar-refractivity contribution in [2.24, 2.45) is 5.41 Å². The Morgan fingerprint density at radius 3 is 2.58 bits per heavy atom. The summed E-state index contributed by atoms with van der Waals surface area (Å²) in [5.41, 5.74) is 0.353. The number of thiazole rings is 1. The number of para-hydroxylation sites is 1. The van der Waals surface area contributed by atoms with Crippen LogP contribution in [0.3, 0.4) is 0 Å². The van der Waals surface area contributed by atoms with E-state index in [9.17, 15) is 14.4 Å². The zero-order valence-corrected chi connectivity index (χ0v) is 19.8. The van der Waals surface area contributed by atoms with Gasteiger partial charge in [-0.3, -0.25) is 9.59 Å². The largest absolute Gasteiger partial charge is 0.455 e. The quantitative estimate of drug-likeness (QED) is 0.616. The summed E-state index contributed by atoms with van der Waals surface area (Å²) in [7, 11) is 0. The SMILES string of the molecule is CCOC(=O)N1CCC(NC(=O)COC(=O)C2(Cc3nc4ccccc4s3)CCCC2)CC1. The van der Waals surface area contributed by atoms with Crippen molar-refractivity contribution in [1.29, 1.82) is 0 Å². The summed E-state index contributed by atoms with van der Waals surface area (Å²) in [4.78, 5) is 43.7. The van der Waals surface area contributed by atoms with Crippen molar-refractivity contribution >= 4 is 39.5 Å². The Kier molecular flexibility index (Phi) is 7.47. The molecule has 4 rings (SSSR count). The topological polar surface area (TPSA) is 97.8 Å². The molecule has 0 atom stereocenters. The second-order valence-electron chi connectivity index (χ2n) is 8.84. The first-order valence-electron chi connectivity index (χ1n) is 11.7. The highest BCUT2D eigenvalue weighted by Gasteiger charge is 2.43. The minimum absolute atomic E-state index is 0.0370. The molecule has 178 valence electrons. The third kappa shape index (κ3) is 5.63. The first-order valence-corrected chi connectivity index (χ1v) is 12.5. The second-order valence-corrected chi connectivity index (χ2v) is 9.96. The van der Waals surface area contributed by atoms with E-state index in [4.69, 9.17) is 14.5 Å². The van der Waals surface area contributed by atoms with Crippen molar-refractivity contribution in [3.8, 4) is 0 Å². The van der Waals surface area contributed by atoms with E-state index in [0.717, 1.165) is 40.9 Å². The lowest BCUT2D eigenvalue weighted by atomic mass is 9.83. The molecule has 2 amide bonds. The number of esters is 1. The van der Waals surface area contributed by atoms with E-state index in [1.165, 1.54) is 0 Å². The van der Waals surface area contributed by atoms with Crippen LogP contribution in [-0.2, 0) is 25.5 Å². The molecule has 1 N–H and O–H groups in total. The second kappa shape index (κ2) is 10.5. The Hall–Kier alpha value is -2.68. The van der Waals surface area contributed by atoms with Crippen LogP contribution in [-0.4, -0.2) is 60.2 Å². The molecule has 1 aliphatic carbocycles. The lowest BCUT2D eigenvalue weighted by molar-refractivity contribution is -0.159. The van der Waals surface area contributed by atoms with Crippen molar-refractivity contribution in [3.63, 3.8) is 0 Å². The summed E-state index contributed by atoms with van der Waals surface area (Å²) in [6.07, 6.45) is 5.02. The van der Waals surface area contributed by atoms with Crippen molar-refractivity contribution < 1.29 is 23.9 Å². The number of hydrogen-bond acceptors (Lipinski definition) is 7. The number of rotatable bonds is 7. The molecule has 9 heteroatoms. The molecule has 0 spiro atoms. The van der Waals surface area contributed by atoms with E-state index >= 15 is 0 Å². The van der Waals surface area contributed by atoms with Crippen LogP contribution in [0, 0.1) is 5.41 Å². The number of likely N-dealkylation sites (tertiary alicyclic amines) is 1. The highest BCUT2D eigenvalue weighted by molar-refractivity contribution is 7.18. The number of ether oxygens (including phenoxy) is 2. The zero-order valence-electron chi connectivity index (χ0n) is 19.0. The smallest absolute Gasteiger partial charge is 0.409 e. The maximum Gasteiger partial charge on any atom is 0.409 e. The van der Waals surface area contributed by atoms with Crippen LogP contribution in [0.1, 0.15) is 50.5 Å². The number of carbonyl (C=O) groups is 3. The van der Waals surface area contributed by atoms with Crippen LogP contribution in [0.4, 0.5) is 4.79 Å². The predicted octanol–water partition coefficient (Wildman–Crippen LogP) is 3.68. The fourth-order valence-corrected chi connectivity index (χ4v) is 5.88. The average Bonchev–Trinajstić information content (AvgIpc) is 3.45. The molecule has 1 aliphatic heterocycles. The average molecular weight is 474 g/mol. The number of nitrogens with one attached hydrogen (secondary N) is 1. The Bertz CT molecular complexity index is 960. The lowest BCUT2D eigenvalue weighted by Gasteiger charge is -2.31. The van der Waals surface area contributed by atoms with Gasteiger partial charge in [-0.2, -0.15) is 0 Å². The van der Waals surface area contributed by atoms with E-state index < -0.39 is 5.41 Å². The maximum atomic E-state index is 13.1. The molecule has 1 saturated heterocycles. The third-order valence-corrected chi connectivity index (χ3v) is 7.58. The monoisotopic (exact) mass is 473 g/mol. The summed E-state index contributed by atoms with van der Waals surface area (Å²) < 4.78 is 11.6. The molecule has 2 fully saturated rings. The number of piperidine rings is 1. The minimum Gasteiger partial charge on any atom is -0.455 e. The van der Waals surface area contributed by atoms with Crippen molar-refractivity contribution in [1.82, 2.24) is 15.2 Å². The molecule has 1 aromatic heterocycles. The Labute approximate surface area is 197 Å². The van der Waals surface area contributed by atoms with Gasteiger partial charge in [-0.05, 0) is 44.7 Å². The summed E-state index contributed by atoms with van der Waals surface area (Å²) in [5.74, 6) is -0.599. The van der Waals surface area contributed by atoms with E-state index in [2.05, 4.69) is 5.32 Å². The fourth-order valence-electron chi connectivity index (χ4n) is 4.76. The number of amides is 2. The predicted molar refractivity (Wildman–Crippen MR) is 125 cm³/mol. The zero-order chi connectivity index (χ0) is 23.3. The Morgan fingerprint density at radius 2 is 1.88 bits per heavy atom. The van der Waals surface area contributed by atoms with Gasteiger partial charge in [0.1, 0.15) is 0 Å². The minimum atomic E-state index is -0.598. The van der Waals surface area contributed by atoms with Gasteiger partial charge in [0, 0.05) is 25.6 Å². The molecule has 1 saturated carbocycles. The van der Waals surface area contributed by atoms with Gasteiger partial charge in [0.2, 0.25) is 0 Å². The number of nitrogens with zero attached hydrogens (tertiary/aromatic N) is 2. The van der Waals surface area contributed by atoms with Crippen LogP contribution >= 0.6 is 11.3 Å². The summed E-state index contributed by atoms with van der Waals surface area (Å²) >= 11 is 1.62. The number of fused-ring (bicyclic) bond motifs is 1. The molecular formula is C24H31N3O5S. The lowest BCUT2D eigenvalue weighted by Crippen LogP contribution is -2.47. The fraction of sp³-hybridized carbons (Fsp3) is 0.583. The van der Waals surface area contributed by atoms with E-state index in [0.29, 0.717) is 39.0 Å². The summed E-state index contributed by atoms with van der Waals surface area (Å²) in [6.45, 7) is 2.92.